The van der Waals surface area contributed by atoms with Gasteiger partial charge in [0.05, 0.1) is 0 Å². The smallest absolute Gasteiger partial charge is 0.134 e. The third-order valence-electron chi connectivity index (χ3n) is 3.75. The highest BCUT2D eigenvalue weighted by Gasteiger charge is 2.36. The molecule has 4 nitrogen and oxygen atoms in total. The number of anilines is 2. The van der Waals surface area contributed by atoms with Gasteiger partial charge in [-0.05, 0) is 31.6 Å². The van der Waals surface area contributed by atoms with Crippen molar-refractivity contribution in [3.63, 3.8) is 0 Å². The zero-order valence-corrected chi connectivity index (χ0v) is 12.4. The predicted octanol–water partition coefficient (Wildman–Crippen LogP) is 3.46. The maximum atomic E-state index is 4.43. The van der Waals surface area contributed by atoms with Crippen molar-refractivity contribution in [2.75, 3.05) is 17.2 Å². The first-order valence-corrected chi connectivity index (χ1v) is 7.64. The molecule has 0 aromatic carbocycles. The molecule has 106 valence electrons. The van der Waals surface area contributed by atoms with Gasteiger partial charge in [0.15, 0.2) is 0 Å². The summed E-state index contributed by atoms with van der Waals surface area (Å²) in [5.41, 5.74) is 1.22. The first-order chi connectivity index (χ1) is 9.30. The second-order valence-electron chi connectivity index (χ2n) is 5.37. The van der Waals surface area contributed by atoms with E-state index in [0.717, 1.165) is 36.9 Å². The Morgan fingerprint density at radius 3 is 2.63 bits per heavy atom. The van der Waals surface area contributed by atoms with Crippen LogP contribution in [-0.4, -0.2) is 22.6 Å². The fourth-order valence-corrected chi connectivity index (χ4v) is 2.56. The molecule has 2 unspecified atom stereocenters. The average molecular weight is 262 g/mol. The molecule has 2 N–H and O–H groups in total. The summed E-state index contributed by atoms with van der Waals surface area (Å²) in [6.07, 6.45) is 7.62. The second kappa shape index (κ2) is 6.73. The summed E-state index contributed by atoms with van der Waals surface area (Å²) in [6.45, 7) is 7.55. The normalized spacial score (nSPS) is 21.2. The molecule has 0 spiro atoms. The van der Waals surface area contributed by atoms with E-state index in [-0.39, 0.29) is 0 Å². The largest absolute Gasteiger partial charge is 0.370 e. The molecule has 1 aliphatic carbocycles. The van der Waals surface area contributed by atoms with Crippen LogP contribution >= 0.6 is 0 Å². The van der Waals surface area contributed by atoms with E-state index in [1.165, 1.54) is 24.8 Å². The van der Waals surface area contributed by atoms with Gasteiger partial charge in [0.25, 0.3) is 0 Å². The third-order valence-corrected chi connectivity index (χ3v) is 3.75. The highest BCUT2D eigenvalue weighted by molar-refractivity contribution is 5.58. The summed E-state index contributed by atoms with van der Waals surface area (Å²) < 4.78 is 0. The Morgan fingerprint density at radius 2 is 1.95 bits per heavy atom. The summed E-state index contributed by atoms with van der Waals surface area (Å²) in [5.74, 6) is 2.87. The Kier molecular flexibility index (Phi) is 5.00. The van der Waals surface area contributed by atoms with Crippen LogP contribution in [0.4, 0.5) is 11.6 Å². The topological polar surface area (TPSA) is 49.8 Å². The van der Waals surface area contributed by atoms with Crippen LogP contribution in [0.2, 0.25) is 0 Å². The van der Waals surface area contributed by atoms with Gasteiger partial charge in [-0.25, -0.2) is 9.97 Å². The van der Waals surface area contributed by atoms with Gasteiger partial charge in [-0.3, -0.25) is 0 Å². The van der Waals surface area contributed by atoms with E-state index in [2.05, 4.69) is 41.4 Å². The zero-order valence-electron chi connectivity index (χ0n) is 12.4. The molecule has 1 saturated carbocycles. The van der Waals surface area contributed by atoms with E-state index >= 15 is 0 Å². The molecule has 19 heavy (non-hydrogen) atoms. The Balaban J connectivity index is 2.03. The van der Waals surface area contributed by atoms with Gasteiger partial charge in [-0.15, -0.1) is 0 Å². The van der Waals surface area contributed by atoms with E-state index in [4.69, 9.17) is 0 Å². The summed E-state index contributed by atoms with van der Waals surface area (Å²) in [5, 5.41) is 6.99. The molecular weight excluding hydrogens is 236 g/mol. The molecule has 2 atom stereocenters. The van der Waals surface area contributed by atoms with Crippen molar-refractivity contribution >= 4 is 11.6 Å². The summed E-state index contributed by atoms with van der Waals surface area (Å²) in [7, 11) is 0. The van der Waals surface area contributed by atoms with E-state index in [1.807, 2.05) is 0 Å². The lowest BCUT2D eigenvalue weighted by atomic mass is 10.2. The van der Waals surface area contributed by atoms with Crippen LogP contribution in [0.1, 0.15) is 52.0 Å². The summed E-state index contributed by atoms with van der Waals surface area (Å²) >= 11 is 0. The predicted molar refractivity (Wildman–Crippen MR) is 80.6 cm³/mol. The zero-order chi connectivity index (χ0) is 13.7. The molecule has 1 aliphatic rings. The molecule has 4 heteroatoms. The Morgan fingerprint density at radius 1 is 1.16 bits per heavy atom. The van der Waals surface area contributed by atoms with E-state index in [9.17, 15) is 0 Å². The lowest BCUT2D eigenvalue weighted by molar-refractivity contribution is 0.691. The van der Waals surface area contributed by atoms with Crippen molar-refractivity contribution in [2.45, 2.75) is 58.9 Å². The van der Waals surface area contributed by atoms with Crippen molar-refractivity contribution in [3.05, 3.63) is 11.9 Å². The molecule has 0 saturated heterocycles. The van der Waals surface area contributed by atoms with Gasteiger partial charge in [0, 0.05) is 18.2 Å². The molecule has 1 aromatic rings. The van der Waals surface area contributed by atoms with Gasteiger partial charge in [-0.1, -0.05) is 27.2 Å². The first kappa shape index (κ1) is 14.1. The monoisotopic (exact) mass is 262 g/mol. The van der Waals surface area contributed by atoms with Crippen LogP contribution in [0.25, 0.3) is 0 Å². The van der Waals surface area contributed by atoms with Crippen LogP contribution in [0, 0.1) is 5.92 Å². The Hall–Kier alpha value is -1.32. The average Bonchev–Trinajstić information content (AvgIpc) is 3.15. The number of rotatable bonds is 8. The van der Waals surface area contributed by atoms with Crippen molar-refractivity contribution in [2.24, 2.45) is 5.92 Å². The molecule has 0 radical (unpaired) electrons. The Labute approximate surface area is 116 Å². The lowest BCUT2D eigenvalue weighted by Gasteiger charge is -2.14. The van der Waals surface area contributed by atoms with E-state index in [1.54, 1.807) is 6.33 Å². The van der Waals surface area contributed by atoms with Crippen LogP contribution in [0.5, 0.6) is 0 Å². The van der Waals surface area contributed by atoms with Crippen LogP contribution in [0.15, 0.2) is 6.33 Å². The van der Waals surface area contributed by atoms with Gasteiger partial charge in [0.1, 0.15) is 18.0 Å². The lowest BCUT2D eigenvalue weighted by Crippen LogP contribution is -2.12. The SMILES string of the molecule is CCCNc1ncnc(NC2CC2CCC)c1CC. The number of hydrogen-bond acceptors (Lipinski definition) is 4. The maximum absolute atomic E-state index is 4.43. The van der Waals surface area contributed by atoms with Gasteiger partial charge < -0.3 is 10.6 Å². The van der Waals surface area contributed by atoms with Crippen LogP contribution in [0.3, 0.4) is 0 Å². The van der Waals surface area contributed by atoms with E-state index in [0.29, 0.717) is 6.04 Å². The van der Waals surface area contributed by atoms with Crippen molar-refractivity contribution in [1.82, 2.24) is 9.97 Å². The van der Waals surface area contributed by atoms with Gasteiger partial charge in [0.2, 0.25) is 0 Å². The minimum atomic E-state index is 0.624. The van der Waals surface area contributed by atoms with Crippen LogP contribution in [-0.2, 0) is 6.42 Å². The summed E-state index contributed by atoms with van der Waals surface area (Å²) in [6, 6.07) is 0.624. The summed E-state index contributed by atoms with van der Waals surface area (Å²) in [4.78, 5) is 8.80. The number of nitrogens with one attached hydrogen (secondary N) is 2. The maximum Gasteiger partial charge on any atom is 0.134 e. The molecule has 1 fully saturated rings. The molecule has 0 bridgehead atoms. The fourth-order valence-electron chi connectivity index (χ4n) is 2.56. The Bertz CT molecular complexity index is 405. The molecule has 2 rings (SSSR count). The fraction of sp³-hybridized carbons (Fsp3) is 0.733. The van der Waals surface area contributed by atoms with Crippen molar-refractivity contribution < 1.29 is 0 Å². The van der Waals surface area contributed by atoms with Gasteiger partial charge >= 0.3 is 0 Å². The molecule has 0 amide bonds. The molecular formula is C15H26N4. The highest BCUT2D eigenvalue weighted by Crippen LogP contribution is 2.37. The van der Waals surface area contributed by atoms with Crippen molar-refractivity contribution in [1.29, 1.82) is 0 Å². The van der Waals surface area contributed by atoms with Gasteiger partial charge in [-0.2, -0.15) is 0 Å². The minimum absolute atomic E-state index is 0.624. The van der Waals surface area contributed by atoms with Crippen LogP contribution < -0.4 is 10.6 Å². The molecule has 1 heterocycles. The highest BCUT2D eigenvalue weighted by atomic mass is 15.1. The molecule has 0 aliphatic heterocycles. The quantitative estimate of drug-likeness (QED) is 0.753. The number of hydrogen-bond donors (Lipinski definition) is 2. The van der Waals surface area contributed by atoms with Crippen molar-refractivity contribution in [3.8, 4) is 0 Å². The molecule has 1 aromatic heterocycles. The first-order valence-electron chi connectivity index (χ1n) is 7.64. The standard InChI is InChI=1S/C15H26N4/c1-4-7-11-9-13(11)19-15-12(6-3)14(16-8-5-2)17-10-18-15/h10-11,13H,4-9H2,1-3H3,(H2,16,17,18,19). The number of aromatic nitrogens is 2. The third kappa shape index (κ3) is 3.58. The van der Waals surface area contributed by atoms with E-state index < -0.39 is 0 Å². The second-order valence-corrected chi connectivity index (χ2v) is 5.37. The minimum Gasteiger partial charge on any atom is -0.370 e. The number of nitrogens with zero attached hydrogens (tertiary/aromatic N) is 2.